The molecule has 0 aromatic heterocycles. The standard InChI is InChI=1S/C13H23NO2/c15-13(16)12(10-6-2-1-3-7-10)14-11-8-4-5-9-11/h10-12,14H,1-9H2,(H,15,16)/t12-/m1/s1. The number of aliphatic carboxylic acids is 1. The molecule has 0 aromatic carbocycles. The molecule has 3 heteroatoms. The first-order valence-electron chi connectivity index (χ1n) is 6.76. The molecule has 2 aliphatic rings. The molecule has 2 rings (SSSR count). The predicted octanol–water partition coefficient (Wildman–Crippen LogP) is 2.55. The van der Waals surface area contributed by atoms with Crippen LogP contribution in [0.2, 0.25) is 0 Å². The van der Waals surface area contributed by atoms with Crippen LogP contribution in [0.4, 0.5) is 0 Å². The van der Waals surface area contributed by atoms with Gasteiger partial charge in [0, 0.05) is 6.04 Å². The van der Waals surface area contributed by atoms with Gasteiger partial charge in [-0.3, -0.25) is 4.79 Å². The van der Waals surface area contributed by atoms with Gasteiger partial charge in [-0.15, -0.1) is 0 Å². The lowest BCUT2D eigenvalue weighted by atomic mass is 9.83. The highest BCUT2D eigenvalue weighted by molar-refractivity contribution is 5.74. The van der Waals surface area contributed by atoms with Gasteiger partial charge in [-0.25, -0.2) is 0 Å². The van der Waals surface area contributed by atoms with Crippen molar-refractivity contribution in [3.8, 4) is 0 Å². The summed E-state index contributed by atoms with van der Waals surface area (Å²) in [6.45, 7) is 0. The molecule has 2 fully saturated rings. The summed E-state index contributed by atoms with van der Waals surface area (Å²) in [5.74, 6) is -0.273. The second kappa shape index (κ2) is 5.67. The lowest BCUT2D eigenvalue weighted by Gasteiger charge is -2.30. The Labute approximate surface area is 97.6 Å². The molecule has 3 nitrogen and oxygen atoms in total. The van der Waals surface area contributed by atoms with Gasteiger partial charge < -0.3 is 10.4 Å². The highest BCUT2D eigenvalue weighted by Crippen LogP contribution is 2.28. The van der Waals surface area contributed by atoms with Crippen LogP contribution in [0.5, 0.6) is 0 Å². The molecular weight excluding hydrogens is 202 g/mol. The SMILES string of the molecule is O=C(O)[C@H](NC1CCCC1)C1CCCCC1. The van der Waals surface area contributed by atoms with Crippen LogP contribution in [-0.4, -0.2) is 23.2 Å². The average Bonchev–Trinajstić information content (AvgIpc) is 2.79. The molecule has 0 bridgehead atoms. The minimum atomic E-state index is -0.640. The molecule has 0 saturated heterocycles. The molecule has 0 spiro atoms. The molecule has 0 radical (unpaired) electrons. The van der Waals surface area contributed by atoms with Crippen LogP contribution in [0, 0.1) is 5.92 Å². The Morgan fingerprint density at radius 3 is 2.12 bits per heavy atom. The number of carboxylic acid groups (broad SMARTS) is 1. The summed E-state index contributed by atoms with van der Waals surface area (Å²) in [7, 11) is 0. The molecule has 2 aliphatic carbocycles. The van der Waals surface area contributed by atoms with Crippen LogP contribution >= 0.6 is 0 Å². The second-order valence-corrected chi connectivity index (χ2v) is 5.36. The summed E-state index contributed by atoms with van der Waals surface area (Å²) in [4.78, 5) is 11.3. The first-order valence-corrected chi connectivity index (χ1v) is 6.76. The van der Waals surface area contributed by atoms with Gasteiger partial charge in [-0.2, -0.15) is 0 Å². The summed E-state index contributed by atoms with van der Waals surface area (Å²) in [6, 6.07) is 0.173. The van der Waals surface area contributed by atoms with E-state index in [0.29, 0.717) is 12.0 Å². The largest absolute Gasteiger partial charge is 0.480 e. The Morgan fingerprint density at radius 1 is 1.00 bits per heavy atom. The number of carbonyl (C=O) groups is 1. The van der Waals surface area contributed by atoms with Gasteiger partial charge in [0.1, 0.15) is 6.04 Å². The normalized spacial score (nSPS) is 25.8. The zero-order valence-electron chi connectivity index (χ0n) is 9.95. The van der Waals surface area contributed by atoms with Crippen molar-refractivity contribution < 1.29 is 9.90 Å². The van der Waals surface area contributed by atoms with Gasteiger partial charge in [0.25, 0.3) is 0 Å². The van der Waals surface area contributed by atoms with Crippen molar-refractivity contribution >= 4 is 5.97 Å². The summed E-state index contributed by atoms with van der Waals surface area (Å²) in [5, 5.41) is 12.7. The van der Waals surface area contributed by atoms with Crippen LogP contribution in [0.25, 0.3) is 0 Å². The molecule has 0 unspecified atom stereocenters. The number of hydrogen-bond acceptors (Lipinski definition) is 2. The van der Waals surface area contributed by atoms with E-state index in [1.54, 1.807) is 0 Å². The van der Waals surface area contributed by atoms with E-state index in [1.807, 2.05) is 0 Å². The van der Waals surface area contributed by atoms with E-state index < -0.39 is 5.97 Å². The third-order valence-electron chi connectivity index (χ3n) is 4.16. The van der Waals surface area contributed by atoms with Crippen molar-refractivity contribution in [2.24, 2.45) is 5.92 Å². The summed E-state index contributed by atoms with van der Waals surface area (Å²) in [6.07, 6.45) is 10.7. The monoisotopic (exact) mass is 225 g/mol. The lowest BCUT2D eigenvalue weighted by molar-refractivity contribution is -0.141. The van der Waals surface area contributed by atoms with Crippen LogP contribution < -0.4 is 5.32 Å². The maximum atomic E-state index is 11.3. The van der Waals surface area contributed by atoms with Crippen LogP contribution in [0.1, 0.15) is 57.8 Å². The Kier molecular flexibility index (Phi) is 4.22. The quantitative estimate of drug-likeness (QED) is 0.773. The van der Waals surface area contributed by atoms with E-state index in [-0.39, 0.29) is 6.04 Å². The Morgan fingerprint density at radius 2 is 1.56 bits per heavy atom. The van der Waals surface area contributed by atoms with Crippen molar-refractivity contribution in [1.29, 1.82) is 0 Å². The number of carboxylic acids is 1. The van der Waals surface area contributed by atoms with Gasteiger partial charge in [0.15, 0.2) is 0 Å². The molecule has 0 amide bonds. The first kappa shape index (κ1) is 11.9. The third kappa shape index (κ3) is 2.97. The fraction of sp³-hybridized carbons (Fsp3) is 0.923. The Balaban J connectivity index is 1.90. The summed E-state index contributed by atoms with van der Waals surface area (Å²) in [5.41, 5.74) is 0. The third-order valence-corrected chi connectivity index (χ3v) is 4.16. The van der Waals surface area contributed by atoms with Gasteiger partial charge in [-0.05, 0) is 31.6 Å². The minimum Gasteiger partial charge on any atom is -0.480 e. The van der Waals surface area contributed by atoms with Gasteiger partial charge in [0.05, 0.1) is 0 Å². The molecular formula is C13H23NO2. The van der Waals surface area contributed by atoms with Crippen molar-refractivity contribution in [3.63, 3.8) is 0 Å². The van der Waals surface area contributed by atoms with Crippen LogP contribution in [0.3, 0.4) is 0 Å². The molecule has 1 atom stereocenters. The molecule has 0 heterocycles. The van der Waals surface area contributed by atoms with Crippen molar-refractivity contribution in [1.82, 2.24) is 5.32 Å². The van der Waals surface area contributed by atoms with E-state index in [9.17, 15) is 9.90 Å². The number of rotatable bonds is 4. The van der Waals surface area contributed by atoms with Crippen LogP contribution in [-0.2, 0) is 4.79 Å². The highest BCUT2D eigenvalue weighted by atomic mass is 16.4. The average molecular weight is 225 g/mol. The molecule has 2 N–H and O–H groups in total. The topological polar surface area (TPSA) is 49.3 Å². The minimum absolute atomic E-state index is 0.289. The zero-order chi connectivity index (χ0) is 11.4. The van der Waals surface area contributed by atoms with Crippen molar-refractivity contribution in [2.75, 3.05) is 0 Å². The maximum Gasteiger partial charge on any atom is 0.320 e. The highest BCUT2D eigenvalue weighted by Gasteiger charge is 2.31. The smallest absolute Gasteiger partial charge is 0.320 e. The predicted molar refractivity (Wildman–Crippen MR) is 63.4 cm³/mol. The van der Waals surface area contributed by atoms with E-state index >= 15 is 0 Å². The maximum absolute atomic E-state index is 11.3. The van der Waals surface area contributed by atoms with E-state index in [0.717, 1.165) is 25.7 Å². The first-order chi connectivity index (χ1) is 7.77. The molecule has 0 aliphatic heterocycles. The van der Waals surface area contributed by atoms with Gasteiger partial charge in [-0.1, -0.05) is 32.1 Å². The van der Waals surface area contributed by atoms with Crippen molar-refractivity contribution in [3.05, 3.63) is 0 Å². The Bertz CT molecular complexity index is 230. The van der Waals surface area contributed by atoms with E-state index in [2.05, 4.69) is 5.32 Å². The van der Waals surface area contributed by atoms with Crippen LogP contribution in [0.15, 0.2) is 0 Å². The summed E-state index contributed by atoms with van der Waals surface area (Å²) >= 11 is 0. The number of hydrogen-bond donors (Lipinski definition) is 2. The fourth-order valence-corrected chi connectivity index (χ4v) is 3.22. The fourth-order valence-electron chi connectivity index (χ4n) is 3.22. The Hall–Kier alpha value is -0.570. The summed E-state index contributed by atoms with van der Waals surface area (Å²) < 4.78 is 0. The molecule has 16 heavy (non-hydrogen) atoms. The van der Waals surface area contributed by atoms with Gasteiger partial charge >= 0.3 is 5.97 Å². The van der Waals surface area contributed by atoms with E-state index in [4.69, 9.17) is 0 Å². The zero-order valence-corrected chi connectivity index (χ0v) is 9.95. The number of nitrogens with one attached hydrogen (secondary N) is 1. The van der Waals surface area contributed by atoms with E-state index in [1.165, 1.54) is 32.1 Å². The lowest BCUT2D eigenvalue weighted by Crippen LogP contribution is -2.47. The molecule has 92 valence electrons. The molecule has 2 saturated carbocycles. The van der Waals surface area contributed by atoms with Crippen molar-refractivity contribution in [2.45, 2.75) is 69.9 Å². The van der Waals surface area contributed by atoms with Gasteiger partial charge in [0.2, 0.25) is 0 Å². The second-order valence-electron chi connectivity index (χ2n) is 5.36. The molecule has 0 aromatic rings.